The number of H-pyrrole nitrogens is 1. The zero-order chi connectivity index (χ0) is 49.4. The molecule has 0 aliphatic rings. The quantitative estimate of drug-likeness (QED) is 0.0808. The molecule has 0 radical (unpaired) electrons. The Labute approximate surface area is 439 Å². The maximum Gasteiger partial charge on any atom is 0.278 e. The van der Waals surface area contributed by atoms with Crippen LogP contribution in [0.5, 0.6) is 0 Å². The Balaban J connectivity index is 0.000000114. The standard InChI is InChI=1S/C24H14BrNO2.C24H14BrN.C18H15P/c25-16-10-12-17(24(14-16)26(27)28)15-9-11-22-20-7-2-1-5-18(20)19-6-3-4-8-21(19)23(22)13-15;25-14-9-10-19-22-12-20-17-7-3-1-5-15(17)16-6-2-4-8-18(16)21(20)13-24(22)26-23(19)11-14;1-4-10-16(11-5-1)19(17-12-6-2-7-13-17)18-14-8-3-9-15-18/h1-14H;1-13,26H;1-15H. The number of hydrogen-bond acceptors (Lipinski definition) is 2. The van der Waals surface area contributed by atoms with Crippen LogP contribution in [0.25, 0.3) is 97.6 Å². The van der Waals surface area contributed by atoms with Gasteiger partial charge < -0.3 is 4.98 Å². The number of nitrogens with one attached hydrogen (secondary N) is 1. The summed E-state index contributed by atoms with van der Waals surface area (Å²) in [6.07, 6.45) is 0. The molecule has 1 N–H and O–H groups in total. The Morgan fingerprint density at radius 2 is 0.685 bits per heavy atom. The zero-order valence-electron chi connectivity index (χ0n) is 39.2. The molecule has 0 atom stereocenters. The topological polar surface area (TPSA) is 58.9 Å². The van der Waals surface area contributed by atoms with Crippen molar-refractivity contribution in [3.63, 3.8) is 0 Å². The van der Waals surface area contributed by atoms with E-state index >= 15 is 0 Å². The van der Waals surface area contributed by atoms with Gasteiger partial charge in [0.15, 0.2) is 0 Å². The van der Waals surface area contributed by atoms with Crippen molar-refractivity contribution in [1.29, 1.82) is 0 Å². The molecule has 0 fully saturated rings. The third kappa shape index (κ3) is 8.82. The summed E-state index contributed by atoms with van der Waals surface area (Å²) in [7, 11) is -0.446. The second kappa shape index (κ2) is 19.9. The summed E-state index contributed by atoms with van der Waals surface area (Å²) in [4.78, 5) is 14.8. The molecule has 0 bridgehead atoms. The van der Waals surface area contributed by atoms with Crippen LogP contribution in [0, 0.1) is 10.1 Å². The lowest BCUT2D eigenvalue weighted by Gasteiger charge is -2.18. The number of nitro benzene ring substituents is 1. The zero-order valence-corrected chi connectivity index (χ0v) is 43.3. The summed E-state index contributed by atoms with van der Waals surface area (Å²) in [6.45, 7) is 0. The van der Waals surface area contributed by atoms with Crippen LogP contribution in [0.1, 0.15) is 0 Å². The highest BCUT2D eigenvalue weighted by Crippen LogP contribution is 2.41. The first kappa shape index (κ1) is 46.1. The van der Waals surface area contributed by atoms with E-state index in [0.717, 1.165) is 26.2 Å². The van der Waals surface area contributed by atoms with Gasteiger partial charge in [-0.15, -0.1) is 0 Å². The van der Waals surface area contributed by atoms with Crippen molar-refractivity contribution in [2.24, 2.45) is 0 Å². The maximum absolute atomic E-state index is 11.6. The number of fused-ring (bicyclic) bond motifs is 15. The number of rotatable bonds is 5. The maximum atomic E-state index is 11.6. The third-order valence-electron chi connectivity index (χ3n) is 13.7. The molecule has 1 aromatic heterocycles. The molecule has 0 aliphatic heterocycles. The molecule has 0 aliphatic carbocycles. The highest BCUT2D eigenvalue weighted by atomic mass is 79.9. The Morgan fingerprint density at radius 3 is 1.15 bits per heavy atom. The molecule has 73 heavy (non-hydrogen) atoms. The fraction of sp³-hybridized carbons (Fsp3) is 0. The first-order valence-electron chi connectivity index (χ1n) is 24.0. The van der Waals surface area contributed by atoms with Crippen molar-refractivity contribution in [3.8, 4) is 11.1 Å². The SMILES string of the molecule is Brc1ccc2c(c1)[nH]c1cc3c4ccccc4c4ccccc4c3cc12.O=[N+]([O-])c1cc(Br)ccc1-c1ccc2c3ccccc3c3ccccc3c2c1.c1ccc(P(c2ccccc2)c2ccccc2)cc1. The van der Waals surface area contributed by atoms with Gasteiger partial charge in [0.2, 0.25) is 0 Å². The van der Waals surface area contributed by atoms with Crippen LogP contribution in [0.3, 0.4) is 0 Å². The Hall–Kier alpha value is -7.99. The number of hydrogen-bond donors (Lipinski definition) is 1. The molecule has 0 saturated carbocycles. The average Bonchev–Trinajstić information content (AvgIpc) is 3.80. The van der Waals surface area contributed by atoms with Crippen LogP contribution < -0.4 is 15.9 Å². The van der Waals surface area contributed by atoms with Crippen molar-refractivity contribution >= 4 is 148 Å². The van der Waals surface area contributed by atoms with Gasteiger partial charge in [0.05, 0.1) is 10.5 Å². The van der Waals surface area contributed by atoms with E-state index < -0.39 is 7.92 Å². The normalized spacial score (nSPS) is 11.4. The van der Waals surface area contributed by atoms with E-state index in [1.54, 1.807) is 12.1 Å². The smallest absolute Gasteiger partial charge is 0.278 e. The number of aromatic amines is 1. The molecule has 13 aromatic carbocycles. The minimum absolute atomic E-state index is 0.0961. The Morgan fingerprint density at radius 1 is 0.329 bits per heavy atom. The predicted molar refractivity (Wildman–Crippen MR) is 320 cm³/mol. The first-order valence-corrected chi connectivity index (χ1v) is 27.0. The molecule has 0 amide bonds. The number of halogens is 2. The van der Waals surface area contributed by atoms with Crippen LogP contribution in [0.4, 0.5) is 5.69 Å². The first-order chi connectivity index (χ1) is 35.9. The molecule has 14 aromatic rings. The summed E-state index contributed by atoms with van der Waals surface area (Å²) in [6, 6.07) is 88.9. The van der Waals surface area contributed by atoms with Gasteiger partial charge in [-0.3, -0.25) is 10.1 Å². The molecule has 7 heteroatoms. The molecule has 0 spiro atoms. The van der Waals surface area contributed by atoms with Gasteiger partial charge in [-0.05, 0) is 136 Å². The largest absolute Gasteiger partial charge is 0.354 e. The van der Waals surface area contributed by atoms with E-state index in [9.17, 15) is 10.1 Å². The van der Waals surface area contributed by atoms with E-state index in [-0.39, 0.29) is 10.6 Å². The monoisotopic (exact) mass is 1080 g/mol. The van der Waals surface area contributed by atoms with E-state index in [0.29, 0.717) is 10.0 Å². The lowest BCUT2D eigenvalue weighted by molar-refractivity contribution is -0.384. The second-order valence-corrected chi connectivity index (χ2v) is 22.0. The van der Waals surface area contributed by atoms with Crippen molar-refractivity contribution < 1.29 is 4.92 Å². The van der Waals surface area contributed by atoms with E-state index in [1.807, 2.05) is 30.3 Å². The highest BCUT2D eigenvalue weighted by Gasteiger charge is 2.19. The van der Waals surface area contributed by atoms with Gasteiger partial charge in [0.25, 0.3) is 5.69 Å². The van der Waals surface area contributed by atoms with E-state index in [2.05, 4.69) is 249 Å². The fourth-order valence-electron chi connectivity index (χ4n) is 10.4. The molecule has 14 rings (SSSR count). The summed E-state index contributed by atoms with van der Waals surface area (Å²) >= 11 is 6.91. The number of aromatic nitrogens is 1. The van der Waals surface area contributed by atoms with Crippen molar-refractivity contribution in [2.45, 2.75) is 0 Å². The van der Waals surface area contributed by atoms with E-state index in [1.165, 1.54) is 86.2 Å². The minimum atomic E-state index is -0.446. The van der Waals surface area contributed by atoms with Crippen LogP contribution in [0.2, 0.25) is 0 Å². The third-order valence-corrected chi connectivity index (χ3v) is 17.1. The van der Waals surface area contributed by atoms with Gasteiger partial charge in [-0.2, -0.15) is 0 Å². The van der Waals surface area contributed by atoms with Gasteiger partial charge in [-0.1, -0.05) is 238 Å². The molecule has 1 heterocycles. The number of nitro groups is 1. The molecule has 0 unspecified atom stereocenters. The van der Waals surface area contributed by atoms with Gasteiger partial charge in [0.1, 0.15) is 0 Å². The number of nitrogens with zero attached hydrogens (tertiary/aromatic N) is 1. The Kier molecular flexibility index (Phi) is 12.6. The number of benzene rings is 13. The average molecular weight is 1090 g/mol. The predicted octanol–water partition coefficient (Wildman–Crippen LogP) is 18.5. The summed E-state index contributed by atoms with van der Waals surface area (Å²) < 4.78 is 1.79. The van der Waals surface area contributed by atoms with E-state index in [4.69, 9.17) is 0 Å². The summed E-state index contributed by atoms with van der Waals surface area (Å²) in [5, 5.41) is 33.2. The molecule has 348 valence electrons. The second-order valence-electron chi connectivity index (χ2n) is 18.0. The van der Waals surface area contributed by atoms with Crippen molar-refractivity contribution in [3.05, 3.63) is 274 Å². The van der Waals surface area contributed by atoms with Crippen LogP contribution in [0.15, 0.2) is 264 Å². The van der Waals surface area contributed by atoms with Crippen LogP contribution in [-0.4, -0.2) is 9.91 Å². The lowest BCUT2D eigenvalue weighted by Crippen LogP contribution is -2.20. The minimum Gasteiger partial charge on any atom is -0.354 e. The van der Waals surface area contributed by atoms with Crippen molar-refractivity contribution in [2.75, 3.05) is 0 Å². The van der Waals surface area contributed by atoms with Crippen molar-refractivity contribution in [1.82, 2.24) is 4.98 Å². The highest BCUT2D eigenvalue weighted by molar-refractivity contribution is 9.10. The van der Waals surface area contributed by atoms with Crippen LogP contribution in [-0.2, 0) is 0 Å². The molecular formula is C66H43Br2N2O2P. The molecule has 4 nitrogen and oxygen atoms in total. The van der Waals surface area contributed by atoms with Gasteiger partial charge in [-0.25, -0.2) is 0 Å². The summed E-state index contributed by atoms with van der Waals surface area (Å²) in [5.74, 6) is 0. The Bertz CT molecular complexity index is 4260. The molecular weight excluding hydrogens is 1040 g/mol. The van der Waals surface area contributed by atoms with Gasteiger partial charge >= 0.3 is 0 Å². The lowest BCUT2D eigenvalue weighted by atomic mass is 9.92. The summed E-state index contributed by atoms with van der Waals surface area (Å²) in [5.41, 5.74) is 3.91. The van der Waals surface area contributed by atoms with Crippen LogP contribution >= 0.6 is 39.8 Å². The fourth-order valence-corrected chi connectivity index (χ4v) is 13.4. The molecule has 0 saturated heterocycles. The van der Waals surface area contributed by atoms with Gasteiger partial charge in [0, 0.05) is 36.8 Å².